The molecule has 0 aliphatic heterocycles. The van der Waals surface area contributed by atoms with Gasteiger partial charge in [0, 0.05) is 16.2 Å². The zero-order valence-corrected chi connectivity index (χ0v) is 12.9. The third-order valence-corrected chi connectivity index (χ3v) is 4.40. The lowest BCUT2D eigenvalue weighted by Crippen LogP contribution is -2.27. The summed E-state index contributed by atoms with van der Waals surface area (Å²) in [6, 6.07) is 15.1. The molecular formula is C17H18BrNO. The monoisotopic (exact) mass is 331 g/mol. The minimum Gasteiger partial charge on any atom is -0.392 e. The molecule has 1 aliphatic rings. The average Bonchev–Trinajstić information content (AvgIpc) is 2.48. The summed E-state index contributed by atoms with van der Waals surface area (Å²) in [5.41, 5.74) is 5.00. The third-order valence-electron chi connectivity index (χ3n) is 3.90. The molecular weight excluding hydrogens is 314 g/mol. The lowest BCUT2D eigenvalue weighted by atomic mass is 9.88. The van der Waals surface area contributed by atoms with Crippen LogP contribution in [0.1, 0.15) is 23.1 Å². The highest BCUT2D eigenvalue weighted by Gasteiger charge is 2.18. The quantitative estimate of drug-likeness (QED) is 0.893. The van der Waals surface area contributed by atoms with E-state index in [9.17, 15) is 0 Å². The molecule has 0 amide bonds. The highest BCUT2D eigenvalue weighted by molar-refractivity contribution is 9.10. The highest BCUT2D eigenvalue weighted by Crippen LogP contribution is 2.26. The Morgan fingerprint density at radius 3 is 2.65 bits per heavy atom. The maximum Gasteiger partial charge on any atom is 0.0681 e. The topological polar surface area (TPSA) is 32.3 Å². The lowest BCUT2D eigenvalue weighted by Gasteiger charge is -2.26. The molecule has 0 bridgehead atoms. The SMILES string of the molecule is OCc1ccc(NC2CCc3cc(Br)ccc3C2)cc1. The fraction of sp³-hybridized carbons (Fsp3) is 0.294. The Kier molecular flexibility index (Phi) is 4.08. The minimum absolute atomic E-state index is 0.103. The van der Waals surface area contributed by atoms with E-state index < -0.39 is 0 Å². The van der Waals surface area contributed by atoms with Crippen LogP contribution in [0.15, 0.2) is 46.9 Å². The van der Waals surface area contributed by atoms with Gasteiger partial charge in [-0.15, -0.1) is 0 Å². The molecule has 0 saturated heterocycles. The first-order valence-corrected chi connectivity index (χ1v) is 7.77. The van der Waals surface area contributed by atoms with Gasteiger partial charge in [0.15, 0.2) is 0 Å². The van der Waals surface area contributed by atoms with E-state index >= 15 is 0 Å². The highest BCUT2D eigenvalue weighted by atomic mass is 79.9. The van der Waals surface area contributed by atoms with Gasteiger partial charge in [-0.1, -0.05) is 34.1 Å². The Bertz CT molecular complexity index is 594. The molecule has 2 N–H and O–H groups in total. The van der Waals surface area contributed by atoms with Crippen molar-refractivity contribution in [3.8, 4) is 0 Å². The second-order valence-electron chi connectivity index (χ2n) is 5.35. The zero-order valence-electron chi connectivity index (χ0n) is 11.3. The Labute approximate surface area is 128 Å². The van der Waals surface area contributed by atoms with Crippen molar-refractivity contribution in [2.24, 2.45) is 0 Å². The largest absolute Gasteiger partial charge is 0.392 e. The minimum atomic E-state index is 0.103. The van der Waals surface area contributed by atoms with Crippen molar-refractivity contribution >= 4 is 21.6 Å². The third kappa shape index (κ3) is 3.05. The summed E-state index contributed by atoms with van der Waals surface area (Å²) in [6.45, 7) is 0.103. The summed E-state index contributed by atoms with van der Waals surface area (Å²) in [5.74, 6) is 0. The van der Waals surface area contributed by atoms with Gasteiger partial charge in [-0.25, -0.2) is 0 Å². The molecule has 2 aromatic rings. The summed E-state index contributed by atoms with van der Waals surface area (Å²) < 4.78 is 1.17. The van der Waals surface area contributed by atoms with Gasteiger partial charge in [-0.2, -0.15) is 0 Å². The molecule has 2 nitrogen and oxygen atoms in total. The van der Waals surface area contributed by atoms with Crippen molar-refractivity contribution in [1.82, 2.24) is 0 Å². The number of aliphatic hydroxyl groups is 1. The molecule has 104 valence electrons. The number of nitrogens with one attached hydrogen (secondary N) is 1. The number of fused-ring (bicyclic) bond motifs is 1. The van der Waals surface area contributed by atoms with E-state index in [1.165, 1.54) is 15.6 Å². The number of hydrogen-bond acceptors (Lipinski definition) is 2. The van der Waals surface area contributed by atoms with Crippen LogP contribution in [0, 0.1) is 0 Å². The van der Waals surface area contributed by atoms with Crippen molar-refractivity contribution in [1.29, 1.82) is 0 Å². The molecule has 3 heteroatoms. The van der Waals surface area contributed by atoms with E-state index in [-0.39, 0.29) is 6.61 Å². The predicted octanol–water partition coefficient (Wildman–Crippen LogP) is 3.91. The van der Waals surface area contributed by atoms with E-state index in [1.807, 2.05) is 24.3 Å². The fourth-order valence-electron chi connectivity index (χ4n) is 2.79. The zero-order chi connectivity index (χ0) is 13.9. The van der Waals surface area contributed by atoms with Crippen LogP contribution < -0.4 is 5.32 Å². The molecule has 0 fully saturated rings. The molecule has 1 unspecified atom stereocenters. The van der Waals surface area contributed by atoms with Crippen LogP contribution >= 0.6 is 15.9 Å². The smallest absolute Gasteiger partial charge is 0.0681 e. The second-order valence-corrected chi connectivity index (χ2v) is 6.27. The first kappa shape index (κ1) is 13.7. The number of anilines is 1. The van der Waals surface area contributed by atoms with E-state index in [1.54, 1.807) is 0 Å². The summed E-state index contributed by atoms with van der Waals surface area (Å²) in [4.78, 5) is 0. The number of aryl methyl sites for hydroxylation is 1. The number of rotatable bonds is 3. The standard InChI is InChI=1S/C17H18BrNO/c18-15-5-3-14-10-17(8-4-13(14)9-15)19-16-6-1-12(11-20)2-7-16/h1-3,5-7,9,17,19-20H,4,8,10-11H2. The first-order valence-electron chi connectivity index (χ1n) is 6.98. The Balaban J connectivity index is 1.69. The maximum atomic E-state index is 9.06. The molecule has 2 aromatic carbocycles. The average molecular weight is 332 g/mol. The predicted molar refractivity (Wildman–Crippen MR) is 85.9 cm³/mol. The molecule has 1 aliphatic carbocycles. The number of aliphatic hydroxyl groups excluding tert-OH is 1. The summed E-state index contributed by atoms with van der Waals surface area (Å²) >= 11 is 3.54. The Morgan fingerprint density at radius 1 is 1.10 bits per heavy atom. The van der Waals surface area contributed by atoms with E-state index in [0.29, 0.717) is 6.04 Å². The lowest BCUT2D eigenvalue weighted by molar-refractivity contribution is 0.282. The van der Waals surface area contributed by atoms with Crippen molar-refractivity contribution in [2.45, 2.75) is 31.9 Å². The summed E-state index contributed by atoms with van der Waals surface area (Å²) in [6.07, 6.45) is 3.36. The second kappa shape index (κ2) is 5.98. The van der Waals surface area contributed by atoms with Gasteiger partial charge in [-0.3, -0.25) is 0 Å². The van der Waals surface area contributed by atoms with Crippen molar-refractivity contribution < 1.29 is 5.11 Å². The van der Waals surface area contributed by atoms with E-state index in [0.717, 1.165) is 30.5 Å². The molecule has 0 spiro atoms. The first-order chi connectivity index (χ1) is 9.74. The molecule has 0 saturated carbocycles. The maximum absolute atomic E-state index is 9.06. The van der Waals surface area contributed by atoms with Crippen LogP contribution in [0.25, 0.3) is 0 Å². The van der Waals surface area contributed by atoms with Gasteiger partial charge in [-0.05, 0) is 60.2 Å². The molecule has 0 heterocycles. The van der Waals surface area contributed by atoms with Crippen LogP contribution in [0.2, 0.25) is 0 Å². The van der Waals surface area contributed by atoms with Gasteiger partial charge < -0.3 is 10.4 Å². The van der Waals surface area contributed by atoms with Crippen LogP contribution in [0.4, 0.5) is 5.69 Å². The van der Waals surface area contributed by atoms with Gasteiger partial charge >= 0.3 is 0 Å². The molecule has 0 aromatic heterocycles. The van der Waals surface area contributed by atoms with Crippen molar-refractivity contribution in [3.63, 3.8) is 0 Å². The Hall–Kier alpha value is -1.32. The van der Waals surface area contributed by atoms with Crippen molar-refractivity contribution in [2.75, 3.05) is 5.32 Å². The summed E-state index contributed by atoms with van der Waals surface area (Å²) in [5, 5.41) is 12.7. The number of halogens is 1. The fourth-order valence-corrected chi connectivity index (χ4v) is 3.20. The number of hydrogen-bond donors (Lipinski definition) is 2. The van der Waals surface area contributed by atoms with Crippen molar-refractivity contribution in [3.05, 3.63) is 63.6 Å². The van der Waals surface area contributed by atoms with E-state index in [4.69, 9.17) is 5.11 Å². The van der Waals surface area contributed by atoms with Gasteiger partial charge in [0.1, 0.15) is 0 Å². The van der Waals surface area contributed by atoms with Crippen LogP contribution in [-0.2, 0) is 19.4 Å². The van der Waals surface area contributed by atoms with Gasteiger partial charge in [0.25, 0.3) is 0 Å². The van der Waals surface area contributed by atoms with Crippen LogP contribution in [0.5, 0.6) is 0 Å². The molecule has 3 rings (SSSR count). The summed E-state index contributed by atoms with van der Waals surface area (Å²) in [7, 11) is 0. The molecule has 20 heavy (non-hydrogen) atoms. The Morgan fingerprint density at radius 2 is 1.90 bits per heavy atom. The van der Waals surface area contributed by atoms with Gasteiger partial charge in [0.2, 0.25) is 0 Å². The normalized spacial score (nSPS) is 17.6. The van der Waals surface area contributed by atoms with Gasteiger partial charge in [0.05, 0.1) is 6.61 Å². The molecule has 0 radical (unpaired) electrons. The van der Waals surface area contributed by atoms with E-state index in [2.05, 4.69) is 39.4 Å². The molecule has 1 atom stereocenters. The van der Waals surface area contributed by atoms with Crippen LogP contribution in [0.3, 0.4) is 0 Å². The number of benzene rings is 2. The van der Waals surface area contributed by atoms with Crippen LogP contribution in [-0.4, -0.2) is 11.1 Å².